The quantitative estimate of drug-likeness (QED) is 0.275. The van der Waals surface area contributed by atoms with Gasteiger partial charge in [-0.25, -0.2) is 29.6 Å². The highest BCUT2D eigenvalue weighted by atomic mass is 19.4. The number of halogens is 3. The summed E-state index contributed by atoms with van der Waals surface area (Å²) in [6.45, 7) is 4.48. The number of ether oxygens (including phenoxy) is 1. The average molecular weight is 535 g/mol. The molecule has 0 atom stereocenters. The average Bonchev–Trinajstić information content (AvgIpc) is 3.55. The molecule has 1 fully saturated rings. The Labute approximate surface area is 221 Å². The number of hydrogen-bond donors (Lipinski definition) is 0. The lowest BCUT2D eigenvalue weighted by Crippen LogP contribution is -2.06. The molecular formula is C27H25F3N8O. The summed E-state index contributed by atoms with van der Waals surface area (Å²) in [4.78, 5) is 22.2. The van der Waals surface area contributed by atoms with Crippen LogP contribution in [0, 0.1) is 6.92 Å². The van der Waals surface area contributed by atoms with Crippen LogP contribution in [-0.2, 0) is 19.3 Å². The largest absolute Gasteiger partial charge is 0.480 e. The van der Waals surface area contributed by atoms with E-state index in [2.05, 4.69) is 20.1 Å². The maximum Gasteiger partial charge on any atom is 0.434 e. The minimum atomic E-state index is -4.50. The smallest absolute Gasteiger partial charge is 0.434 e. The first-order valence-electron chi connectivity index (χ1n) is 12.6. The third-order valence-corrected chi connectivity index (χ3v) is 6.86. The van der Waals surface area contributed by atoms with Gasteiger partial charge in [0.2, 0.25) is 5.88 Å². The zero-order valence-electron chi connectivity index (χ0n) is 21.6. The number of imidazole rings is 1. The number of hydrogen-bond acceptors (Lipinski definition) is 7. The first-order valence-corrected chi connectivity index (χ1v) is 12.6. The zero-order chi connectivity index (χ0) is 27.3. The van der Waals surface area contributed by atoms with Gasteiger partial charge in [-0.2, -0.15) is 18.3 Å². The van der Waals surface area contributed by atoms with Crippen molar-refractivity contribution in [2.24, 2.45) is 0 Å². The number of benzene rings is 1. The van der Waals surface area contributed by atoms with Gasteiger partial charge in [0.1, 0.15) is 17.7 Å². The number of fused-ring (bicyclic) bond motifs is 1. The van der Waals surface area contributed by atoms with Crippen LogP contribution < -0.4 is 4.74 Å². The van der Waals surface area contributed by atoms with Crippen LogP contribution in [0.4, 0.5) is 13.2 Å². The molecule has 39 heavy (non-hydrogen) atoms. The highest BCUT2D eigenvalue weighted by Gasteiger charge is 2.35. The summed E-state index contributed by atoms with van der Waals surface area (Å²) in [5.74, 6) is 1.55. The molecule has 4 aromatic heterocycles. The van der Waals surface area contributed by atoms with E-state index in [1.54, 1.807) is 37.0 Å². The molecule has 9 nitrogen and oxygen atoms in total. The van der Waals surface area contributed by atoms with Crippen LogP contribution in [0.3, 0.4) is 0 Å². The van der Waals surface area contributed by atoms with Gasteiger partial charge in [0.15, 0.2) is 17.2 Å². The Hall–Kier alpha value is -4.35. The second-order valence-electron chi connectivity index (χ2n) is 9.52. The Morgan fingerprint density at radius 3 is 2.49 bits per heavy atom. The number of nitrogens with zero attached hydrogens (tertiary/aromatic N) is 8. The van der Waals surface area contributed by atoms with E-state index in [-0.39, 0.29) is 5.82 Å². The van der Waals surface area contributed by atoms with Crippen molar-refractivity contribution < 1.29 is 17.9 Å². The maximum absolute atomic E-state index is 13.2. The van der Waals surface area contributed by atoms with Gasteiger partial charge in [0.05, 0.1) is 36.6 Å². The van der Waals surface area contributed by atoms with Crippen LogP contribution in [-0.4, -0.2) is 46.4 Å². The Kier molecular flexibility index (Phi) is 6.04. The van der Waals surface area contributed by atoms with E-state index in [4.69, 9.17) is 14.7 Å². The van der Waals surface area contributed by atoms with Crippen molar-refractivity contribution in [1.29, 1.82) is 0 Å². The Bertz CT molecular complexity index is 1670. The fraction of sp³-hybridized carbons (Fsp3) is 0.333. The SMILES string of the molecule is CCn1cc(C(F)(F)F)nc1-c1ccc(Cn2ncc3c(C)nc(-c4c(OC)ncnc4C4CC4)nc32)cc1. The zero-order valence-corrected chi connectivity index (χ0v) is 21.6. The van der Waals surface area contributed by atoms with Crippen molar-refractivity contribution in [2.75, 3.05) is 7.11 Å². The van der Waals surface area contributed by atoms with Gasteiger partial charge in [0, 0.05) is 24.2 Å². The number of rotatable bonds is 7. The van der Waals surface area contributed by atoms with Crippen LogP contribution in [0.15, 0.2) is 43.0 Å². The van der Waals surface area contributed by atoms with Crippen LogP contribution >= 0.6 is 0 Å². The summed E-state index contributed by atoms with van der Waals surface area (Å²) in [6.07, 6.45) is 1.90. The van der Waals surface area contributed by atoms with Crippen molar-refractivity contribution in [3.63, 3.8) is 0 Å². The molecule has 0 N–H and O–H groups in total. The molecule has 0 bridgehead atoms. The Morgan fingerprint density at radius 1 is 1.05 bits per heavy atom. The van der Waals surface area contributed by atoms with E-state index in [9.17, 15) is 13.2 Å². The van der Waals surface area contributed by atoms with Gasteiger partial charge in [-0.3, -0.25) is 0 Å². The molecule has 1 aromatic carbocycles. The molecule has 6 rings (SSSR count). The van der Waals surface area contributed by atoms with Gasteiger partial charge in [-0.1, -0.05) is 24.3 Å². The lowest BCUT2D eigenvalue weighted by molar-refractivity contribution is -0.140. The topological polar surface area (TPSA) is 96.4 Å². The number of alkyl halides is 3. The second-order valence-corrected chi connectivity index (χ2v) is 9.52. The summed E-state index contributed by atoms with van der Waals surface area (Å²) >= 11 is 0. The third-order valence-electron chi connectivity index (χ3n) is 6.86. The van der Waals surface area contributed by atoms with Crippen LogP contribution in [0.2, 0.25) is 0 Å². The minimum absolute atomic E-state index is 0.277. The standard InChI is InChI=1S/C27H25F3N8O/c1-4-37-13-20(27(28,29)30)35-24(37)18-7-5-16(6-8-18)12-38-25-19(11-33-38)15(2)34-23(36-25)21-22(17-9-10-17)31-14-32-26(21)39-3/h5-8,11,13-14,17H,4,9-10,12H2,1-3H3. The fourth-order valence-corrected chi connectivity index (χ4v) is 4.69. The van der Waals surface area contributed by atoms with E-state index < -0.39 is 11.9 Å². The monoisotopic (exact) mass is 534 g/mol. The molecule has 1 saturated carbocycles. The van der Waals surface area contributed by atoms with Gasteiger partial charge < -0.3 is 9.30 Å². The normalized spacial score (nSPS) is 13.8. The first kappa shape index (κ1) is 25.0. The third kappa shape index (κ3) is 4.59. The predicted octanol–water partition coefficient (Wildman–Crippen LogP) is 5.43. The number of aryl methyl sites for hydroxylation is 2. The van der Waals surface area contributed by atoms with Gasteiger partial charge in [0.25, 0.3) is 0 Å². The molecule has 0 unspecified atom stereocenters. The molecule has 0 radical (unpaired) electrons. The van der Waals surface area contributed by atoms with Gasteiger partial charge in [-0.15, -0.1) is 0 Å². The molecule has 1 aliphatic carbocycles. The Balaban J connectivity index is 1.34. The molecule has 200 valence electrons. The molecule has 1 aliphatic rings. The summed E-state index contributed by atoms with van der Waals surface area (Å²) in [6, 6.07) is 7.27. The summed E-state index contributed by atoms with van der Waals surface area (Å²) < 4.78 is 48.4. The van der Waals surface area contributed by atoms with Crippen molar-refractivity contribution >= 4 is 11.0 Å². The summed E-state index contributed by atoms with van der Waals surface area (Å²) in [5.41, 5.74) is 3.64. The molecule has 0 aliphatic heterocycles. The van der Waals surface area contributed by atoms with E-state index >= 15 is 0 Å². The predicted molar refractivity (Wildman–Crippen MR) is 137 cm³/mol. The van der Waals surface area contributed by atoms with Crippen molar-refractivity contribution in [3.05, 3.63) is 65.6 Å². The number of aromatic nitrogens is 8. The highest BCUT2D eigenvalue weighted by Crippen LogP contribution is 2.45. The fourth-order valence-electron chi connectivity index (χ4n) is 4.69. The van der Waals surface area contributed by atoms with Crippen LogP contribution in [0.25, 0.3) is 33.8 Å². The van der Waals surface area contributed by atoms with Crippen LogP contribution in [0.5, 0.6) is 5.88 Å². The van der Waals surface area contributed by atoms with Gasteiger partial charge in [-0.05, 0) is 32.3 Å². The summed E-state index contributed by atoms with van der Waals surface area (Å²) in [7, 11) is 1.57. The van der Waals surface area contributed by atoms with Gasteiger partial charge >= 0.3 is 6.18 Å². The minimum Gasteiger partial charge on any atom is -0.480 e. The molecule has 12 heteroatoms. The van der Waals surface area contributed by atoms with E-state index in [1.807, 2.05) is 19.1 Å². The van der Waals surface area contributed by atoms with E-state index in [0.29, 0.717) is 47.5 Å². The van der Waals surface area contributed by atoms with E-state index in [0.717, 1.165) is 41.4 Å². The van der Waals surface area contributed by atoms with Crippen molar-refractivity contribution in [3.8, 4) is 28.7 Å². The summed E-state index contributed by atoms with van der Waals surface area (Å²) in [5, 5.41) is 5.37. The van der Waals surface area contributed by atoms with Crippen LogP contribution in [0.1, 0.15) is 48.3 Å². The molecule has 0 amide bonds. The second kappa shape index (κ2) is 9.44. The molecule has 0 spiro atoms. The van der Waals surface area contributed by atoms with Crippen molar-refractivity contribution in [2.45, 2.75) is 51.9 Å². The molecule has 5 aromatic rings. The molecule has 4 heterocycles. The molecular weight excluding hydrogens is 509 g/mol. The maximum atomic E-state index is 13.2. The van der Waals surface area contributed by atoms with E-state index in [1.165, 1.54) is 10.9 Å². The lowest BCUT2D eigenvalue weighted by atomic mass is 10.1. The Morgan fingerprint density at radius 2 is 1.82 bits per heavy atom. The lowest BCUT2D eigenvalue weighted by Gasteiger charge is -2.12. The van der Waals surface area contributed by atoms with Crippen molar-refractivity contribution in [1.82, 2.24) is 39.3 Å². The molecule has 0 saturated heterocycles. The first-order chi connectivity index (χ1) is 18.8. The number of methoxy groups -OCH3 is 1. The highest BCUT2D eigenvalue weighted by molar-refractivity contribution is 5.80.